The molecular weight excluding hydrogens is 298 g/mol. The first kappa shape index (κ1) is 14.3. The first-order valence-electron chi connectivity index (χ1n) is 5.28. The molecule has 0 heterocycles. The summed E-state index contributed by atoms with van der Waals surface area (Å²) in [4.78, 5) is 14.0. The SMILES string of the molecule is [N-]=[N+]=NC/C=C\COC(=O)Cc1ccc(Br)cc1. The van der Waals surface area contributed by atoms with Gasteiger partial charge in [0.2, 0.25) is 0 Å². The quantitative estimate of drug-likeness (QED) is 0.265. The fraction of sp³-hybridized carbons (Fsp3) is 0.250. The molecule has 0 amide bonds. The molecule has 0 aromatic heterocycles. The van der Waals surface area contributed by atoms with E-state index < -0.39 is 0 Å². The smallest absolute Gasteiger partial charge is 0.310 e. The number of ether oxygens (including phenoxy) is 1. The standard InChI is InChI=1S/C12H12BrN3O2/c13-11-5-3-10(4-6-11)9-12(17)18-8-2-1-7-15-16-14/h1-6H,7-9H2/b2-1-. The van der Waals surface area contributed by atoms with Crippen LogP contribution in [0.2, 0.25) is 0 Å². The Labute approximate surface area is 113 Å². The molecule has 0 saturated carbocycles. The third-order valence-electron chi connectivity index (χ3n) is 2.02. The zero-order chi connectivity index (χ0) is 13.2. The largest absolute Gasteiger partial charge is 0.461 e. The van der Waals surface area contributed by atoms with E-state index in [1.807, 2.05) is 24.3 Å². The fourth-order valence-corrected chi connectivity index (χ4v) is 1.45. The Morgan fingerprint density at radius 1 is 1.39 bits per heavy atom. The van der Waals surface area contributed by atoms with E-state index in [1.165, 1.54) is 0 Å². The Balaban J connectivity index is 2.27. The molecule has 0 fully saturated rings. The molecule has 0 atom stereocenters. The van der Waals surface area contributed by atoms with Gasteiger partial charge in [0, 0.05) is 15.9 Å². The Bertz CT molecular complexity index is 465. The first-order valence-corrected chi connectivity index (χ1v) is 6.07. The van der Waals surface area contributed by atoms with Crippen molar-refractivity contribution in [1.82, 2.24) is 0 Å². The Morgan fingerprint density at radius 2 is 2.11 bits per heavy atom. The number of benzene rings is 1. The molecule has 0 aliphatic heterocycles. The molecule has 0 unspecified atom stereocenters. The molecule has 0 saturated heterocycles. The van der Waals surface area contributed by atoms with Crippen LogP contribution in [0.15, 0.2) is 46.0 Å². The lowest BCUT2D eigenvalue weighted by molar-refractivity contribution is -0.141. The number of carbonyl (C=O) groups excluding carboxylic acids is 1. The second kappa shape index (κ2) is 8.33. The zero-order valence-corrected chi connectivity index (χ0v) is 11.2. The highest BCUT2D eigenvalue weighted by atomic mass is 79.9. The highest BCUT2D eigenvalue weighted by Gasteiger charge is 2.03. The van der Waals surface area contributed by atoms with Gasteiger partial charge in [-0.2, -0.15) is 0 Å². The predicted octanol–water partition coefficient (Wildman–Crippen LogP) is 3.40. The number of rotatable bonds is 6. The number of halogens is 1. The van der Waals surface area contributed by atoms with Crippen molar-refractivity contribution in [2.24, 2.45) is 5.11 Å². The summed E-state index contributed by atoms with van der Waals surface area (Å²) in [7, 11) is 0. The van der Waals surface area contributed by atoms with Gasteiger partial charge >= 0.3 is 5.97 Å². The second-order valence-electron chi connectivity index (χ2n) is 3.37. The lowest BCUT2D eigenvalue weighted by Gasteiger charge is -2.02. The first-order chi connectivity index (χ1) is 8.72. The monoisotopic (exact) mass is 309 g/mol. The average molecular weight is 310 g/mol. The molecule has 94 valence electrons. The summed E-state index contributed by atoms with van der Waals surface area (Å²) in [6.07, 6.45) is 3.54. The van der Waals surface area contributed by atoms with E-state index in [1.54, 1.807) is 12.2 Å². The normalized spacial score (nSPS) is 10.1. The zero-order valence-electron chi connectivity index (χ0n) is 9.62. The van der Waals surface area contributed by atoms with Crippen LogP contribution in [0.5, 0.6) is 0 Å². The predicted molar refractivity (Wildman–Crippen MR) is 72.0 cm³/mol. The summed E-state index contributed by atoms with van der Waals surface area (Å²) in [5, 5.41) is 3.31. The van der Waals surface area contributed by atoms with Crippen molar-refractivity contribution >= 4 is 21.9 Å². The van der Waals surface area contributed by atoms with Gasteiger partial charge in [0.1, 0.15) is 6.61 Å². The number of esters is 1. The van der Waals surface area contributed by atoms with Gasteiger partial charge in [-0.3, -0.25) is 4.79 Å². The molecule has 0 aliphatic carbocycles. The van der Waals surface area contributed by atoms with Gasteiger partial charge in [0.25, 0.3) is 0 Å². The topological polar surface area (TPSA) is 75.1 Å². The van der Waals surface area contributed by atoms with Crippen molar-refractivity contribution in [3.63, 3.8) is 0 Å². The molecule has 0 aliphatic rings. The Morgan fingerprint density at radius 3 is 2.78 bits per heavy atom. The fourth-order valence-electron chi connectivity index (χ4n) is 1.19. The van der Waals surface area contributed by atoms with Crippen LogP contribution in [0.4, 0.5) is 0 Å². The van der Waals surface area contributed by atoms with Crippen molar-refractivity contribution in [2.75, 3.05) is 13.2 Å². The highest BCUT2D eigenvalue weighted by Crippen LogP contribution is 2.11. The molecule has 1 aromatic carbocycles. The molecule has 0 N–H and O–H groups in total. The molecule has 1 rings (SSSR count). The van der Waals surface area contributed by atoms with Crippen molar-refractivity contribution in [3.8, 4) is 0 Å². The minimum atomic E-state index is -0.286. The maximum atomic E-state index is 11.4. The maximum Gasteiger partial charge on any atom is 0.310 e. The summed E-state index contributed by atoms with van der Waals surface area (Å²) in [5.74, 6) is -0.286. The second-order valence-corrected chi connectivity index (χ2v) is 4.29. The van der Waals surface area contributed by atoms with Crippen molar-refractivity contribution in [2.45, 2.75) is 6.42 Å². The summed E-state index contributed by atoms with van der Waals surface area (Å²) >= 11 is 3.32. The molecule has 18 heavy (non-hydrogen) atoms. The number of hydrogen-bond acceptors (Lipinski definition) is 3. The third-order valence-corrected chi connectivity index (χ3v) is 2.55. The Hall–Kier alpha value is -1.78. The third kappa shape index (κ3) is 6.08. The number of azide groups is 1. The van der Waals surface area contributed by atoms with Crippen LogP contribution in [0.25, 0.3) is 10.4 Å². The molecule has 0 spiro atoms. The minimum absolute atomic E-state index is 0.191. The van der Waals surface area contributed by atoms with E-state index in [-0.39, 0.29) is 25.5 Å². The van der Waals surface area contributed by atoms with Crippen LogP contribution >= 0.6 is 15.9 Å². The van der Waals surface area contributed by atoms with Gasteiger partial charge in [0.05, 0.1) is 6.42 Å². The number of carbonyl (C=O) groups is 1. The van der Waals surface area contributed by atoms with Crippen LogP contribution in [-0.4, -0.2) is 19.1 Å². The summed E-state index contributed by atoms with van der Waals surface area (Å²) in [6, 6.07) is 7.48. The number of hydrogen-bond donors (Lipinski definition) is 0. The molecular formula is C12H12BrN3O2. The maximum absolute atomic E-state index is 11.4. The summed E-state index contributed by atoms with van der Waals surface area (Å²) in [6.45, 7) is 0.455. The van der Waals surface area contributed by atoms with E-state index in [2.05, 4.69) is 26.0 Å². The average Bonchev–Trinajstić information content (AvgIpc) is 2.36. The van der Waals surface area contributed by atoms with Gasteiger partial charge in [-0.05, 0) is 23.2 Å². The lowest BCUT2D eigenvalue weighted by atomic mass is 10.2. The van der Waals surface area contributed by atoms with E-state index in [0.717, 1.165) is 10.0 Å². The van der Waals surface area contributed by atoms with Crippen LogP contribution in [0.1, 0.15) is 5.56 Å². The van der Waals surface area contributed by atoms with Crippen molar-refractivity contribution in [1.29, 1.82) is 0 Å². The van der Waals surface area contributed by atoms with Crippen LogP contribution in [0.3, 0.4) is 0 Å². The van der Waals surface area contributed by atoms with Crippen LogP contribution in [-0.2, 0) is 16.0 Å². The van der Waals surface area contributed by atoms with E-state index in [9.17, 15) is 4.79 Å². The van der Waals surface area contributed by atoms with Gasteiger partial charge < -0.3 is 4.74 Å². The molecule has 0 radical (unpaired) electrons. The van der Waals surface area contributed by atoms with Gasteiger partial charge in [-0.25, -0.2) is 0 Å². The summed E-state index contributed by atoms with van der Waals surface area (Å²) < 4.78 is 5.96. The van der Waals surface area contributed by atoms with Crippen LogP contribution < -0.4 is 0 Å². The van der Waals surface area contributed by atoms with E-state index in [0.29, 0.717) is 0 Å². The molecule has 6 heteroatoms. The van der Waals surface area contributed by atoms with Crippen molar-refractivity contribution < 1.29 is 9.53 Å². The Kier molecular flexibility index (Phi) is 6.61. The van der Waals surface area contributed by atoms with Gasteiger partial charge in [-0.1, -0.05) is 45.3 Å². The van der Waals surface area contributed by atoms with Crippen molar-refractivity contribution in [3.05, 3.63) is 56.9 Å². The molecule has 1 aromatic rings. The van der Waals surface area contributed by atoms with Gasteiger partial charge in [-0.15, -0.1) is 0 Å². The summed E-state index contributed by atoms with van der Waals surface area (Å²) in [5.41, 5.74) is 8.93. The highest BCUT2D eigenvalue weighted by molar-refractivity contribution is 9.10. The number of nitrogens with zero attached hydrogens (tertiary/aromatic N) is 3. The lowest BCUT2D eigenvalue weighted by Crippen LogP contribution is -2.07. The van der Waals surface area contributed by atoms with E-state index in [4.69, 9.17) is 10.3 Å². The molecule has 0 bridgehead atoms. The van der Waals surface area contributed by atoms with Gasteiger partial charge in [0.15, 0.2) is 0 Å². The minimum Gasteiger partial charge on any atom is -0.461 e. The van der Waals surface area contributed by atoms with Crippen LogP contribution in [0, 0.1) is 0 Å². The molecule has 5 nitrogen and oxygen atoms in total. The van der Waals surface area contributed by atoms with E-state index >= 15 is 0 Å².